The first-order chi connectivity index (χ1) is 4.22. The van der Waals surface area contributed by atoms with E-state index in [1.54, 1.807) is 3.93 Å². The van der Waals surface area contributed by atoms with Crippen LogP contribution < -0.4 is 0 Å². The number of nitrogens with zero attached hydrogens (tertiary/aromatic N) is 1. The Labute approximate surface area is 64.6 Å². The zero-order chi connectivity index (χ0) is 7.28. The molecule has 0 rings (SSSR count). The quantitative estimate of drug-likeness (QED) is 0.628. The molecule has 3 heteroatoms. The van der Waals surface area contributed by atoms with Crippen molar-refractivity contribution >= 4 is 22.1 Å². The average Bonchev–Trinajstić information content (AvgIpc) is 1.87. The van der Waals surface area contributed by atoms with Gasteiger partial charge < -0.3 is 0 Å². The second-order valence-electron chi connectivity index (χ2n) is 1.82. The van der Waals surface area contributed by atoms with Gasteiger partial charge in [0.05, 0.1) is 16.1 Å². The van der Waals surface area contributed by atoms with Gasteiger partial charge in [-0.3, -0.25) is 8.72 Å². The molecule has 0 saturated heterocycles. The van der Waals surface area contributed by atoms with E-state index < -0.39 is 0 Å². The van der Waals surface area contributed by atoms with Gasteiger partial charge in [-0.2, -0.15) is 0 Å². The van der Waals surface area contributed by atoms with Crippen LogP contribution in [0.4, 0.5) is 0 Å². The summed E-state index contributed by atoms with van der Waals surface area (Å²) in [4.78, 5) is 10.9. The van der Waals surface area contributed by atoms with Crippen LogP contribution in [0.15, 0.2) is 0 Å². The number of carbonyl (C=O) groups is 1. The highest BCUT2D eigenvalue weighted by Crippen LogP contribution is 2.01. The molecule has 0 radical (unpaired) electrons. The molecule has 2 nitrogen and oxygen atoms in total. The highest BCUT2D eigenvalue weighted by Gasteiger charge is 2.04. The minimum atomic E-state index is 0.167. The third-order valence-electron chi connectivity index (χ3n) is 1.01. The van der Waals surface area contributed by atoms with Crippen molar-refractivity contribution in [1.29, 1.82) is 0 Å². The van der Waals surface area contributed by atoms with Crippen molar-refractivity contribution in [3.8, 4) is 0 Å². The van der Waals surface area contributed by atoms with Crippen LogP contribution in [-0.4, -0.2) is 16.4 Å². The smallest absolute Gasteiger partial charge is 0.232 e. The van der Waals surface area contributed by atoms with Gasteiger partial charge in [0.25, 0.3) is 0 Å². The Balaban J connectivity index is 3.46. The van der Waals surface area contributed by atoms with E-state index in [-0.39, 0.29) is 5.91 Å². The molecule has 0 saturated carbocycles. The van der Waals surface area contributed by atoms with E-state index in [2.05, 4.69) is 16.1 Å². The van der Waals surface area contributed by atoms with Crippen molar-refractivity contribution in [2.24, 2.45) is 0 Å². The van der Waals surface area contributed by atoms with Gasteiger partial charge in [0.1, 0.15) is 0 Å². The van der Waals surface area contributed by atoms with Crippen LogP contribution in [0.25, 0.3) is 0 Å². The Morgan fingerprint density at radius 3 is 2.44 bits per heavy atom. The Kier molecular flexibility index (Phi) is 4.77. The number of rotatable bonds is 3. The van der Waals surface area contributed by atoms with E-state index in [1.807, 2.05) is 13.8 Å². The minimum Gasteiger partial charge on any atom is -0.279 e. The highest BCUT2D eigenvalue weighted by molar-refractivity contribution is 9.07. The van der Waals surface area contributed by atoms with Crippen molar-refractivity contribution < 1.29 is 4.79 Å². The molecule has 0 aromatic heterocycles. The molecule has 0 N–H and O–H groups in total. The number of amides is 1. The lowest BCUT2D eigenvalue weighted by molar-refractivity contribution is -0.125. The maximum atomic E-state index is 10.9. The molecule has 0 fully saturated rings. The second kappa shape index (κ2) is 4.79. The normalized spacial score (nSPS) is 9.22. The van der Waals surface area contributed by atoms with E-state index in [1.165, 1.54) is 0 Å². The molecule has 0 aromatic carbocycles. The summed E-state index contributed by atoms with van der Waals surface area (Å²) in [5, 5.41) is 0. The SMILES string of the molecule is CCCC(=O)N(Br)CC. The van der Waals surface area contributed by atoms with E-state index in [4.69, 9.17) is 0 Å². The third kappa shape index (κ3) is 3.51. The Morgan fingerprint density at radius 2 is 2.11 bits per heavy atom. The lowest BCUT2D eigenvalue weighted by atomic mass is 10.3. The Hall–Kier alpha value is -0.0500. The largest absolute Gasteiger partial charge is 0.279 e. The van der Waals surface area contributed by atoms with Crippen molar-refractivity contribution in [3.05, 3.63) is 0 Å². The van der Waals surface area contributed by atoms with Crippen LogP contribution in [0.1, 0.15) is 26.7 Å². The maximum absolute atomic E-state index is 10.9. The lowest BCUT2D eigenvalue weighted by Gasteiger charge is -2.09. The van der Waals surface area contributed by atoms with Gasteiger partial charge in [0, 0.05) is 13.0 Å². The molecular weight excluding hydrogens is 182 g/mol. The monoisotopic (exact) mass is 193 g/mol. The van der Waals surface area contributed by atoms with E-state index in [0.29, 0.717) is 6.42 Å². The van der Waals surface area contributed by atoms with E-state index in [0.717, 1.165) is 13.0 Å². The Morgan fingerprint density at radius 1 is 1.56 bits per heavy atom. The van der Waals surface area contributed by atoms with E-state index in [9.17, 15) is 4.79 Å². The molecule has 0 heterocycles. The van der Waals surface area contributed by atoms with Gasteiger partial charge in [-0.15, -0.1) is 0 Å². The third-order valence-corrected chi connectivity index (χ3v) is 1.91. The number of hydrogen-bond donors (Lipinski definition) is 0. The first kappa shape index (κ1) is 8.95. The van der Waals surface area contributed by atoms with Gasteiger partial charge in [0.15, 0.2) is 0 Å². The zero-order valence-corrected chi connectivity index (χ0v) is 7.44. The number of hydrogen-bond acceptors (Lipinski definition) is 1. The lowest BCUT2D eigenvalue weighted by Crippen LogP contribution is -2.19. The molecule has 1 amide bonds. The van der Waals surface area contributed by atoms with Crippen LogP contribution in [0.3, 0.4) is 0 Å². The average molecular weight is 194 g/mol. The zero-order valence-electron chi connectivity index (χ0n) is 5.85. The van der Waals surface area contributed by atoms with Crippen LogP contribution in [0.5, 0.6) is 0 Å². The highest BCUT2D eigenvalue weighted by atomic mass is 79.9. The van der Waals surface area contributed by atoms with Gasteiger partial charge in [-0.25, -0.2) is 0 Å². The first-order valence-electron chi connectivity index (χ1n) is 3.18. The summed E-state index contributed by atoms with van der Waals surface area (Å²) < 4.78 is 1.55. The number of halogens is 1. The van der Waals surface area contributed by atoms with Crippen molar-refractivity contribution in [2.45, 2.75) is 26.7 Å². The molecule has 9 heavy (non-hydrogen) atoms. The second-order valence-corrected chi connectivity index (χ2v) is 2.68. The first-order valence-corrected chi connectivity index (χ1v) is 3.89. The van der Waals surface area contributed by atoms with Gasteiger partial charge in [-0.1, -0.05) is 6.92 Å². The van der Waals surface area contributed by atoms with Crippen LogP contribution in [0, 0.1) is 0 Å². The fourth-order valence-electron chi connectivity index (χ4n) is 0.512. The van der Waals surface area contributed by atoms with E-state index >= 15 is 0 Å². The molecule has 0 spiro atoms. The predicted molar refractivity (Wildman–Crippen MR) is 41.2 cm³/mol. The summed E-state index contributed by atoms with van der Waals surface area (Å²) in [6, 6.07) is 0. The molecule has 54 valence electrons. The molecule has 0 bridgehead atoms. The molecule has 0 atom stereocenters. The molecule has 0 unspecified atom stereocenters. The fraction of sp³-hybridized carbons (Fsp3) is 0.833. The summed E-state index contributed by atoms with van der Waals surface area (Å²) in [5.41, 5.74) is 0. The van der Waals surface area contributed by atoms with Gasteiger partial charge >= 0.3 is 0 Å². The molecule has 0 aliphatic rings. The number of carbonyl (C=O) groups excluding carboxylic acids is 1. The van der Waals surface area contributed by atoms with Crippen LogP contribution in [0.2, 0.25) is 0 Å². The summed E-state index contributed by atoms with van der Waals surface area (Å²) in [6.07, 6.45) is 1.56. The van der Waals surface area contributed by atoms with Crippen molar-refractivity contribution in [2.75, 3.05) is 6.54 Å². The Bertz CT molecular complexity index is 95.1. The summed E-state index contributed by atoms with van der Waals surface area (Å²) in [7, 11) is 0. The maximum Gasteiger partial charge on any atom is 0.232 e. The molecular formula is C6H12BrNO. The van der Waals surface area contributed by atoms with Gasteiger partial charge in [-0.05, 0) is 13.3 Å². The minimum absolute atomic E-state index is 0.167. The molecule has 0 aromatic rings. The van der Waals surface area contributed by atoms with Crippen molar-refractivity contribution in [1.82, 2.24) is 3.93 Å². The standard InChI is InChI=1S/C6H12BrNO/c1-3-5-6(9)8(7)4-2/h3-5H2,1-2H3. The molecule has 0 aliphatic heterocycles. The fourth-order valence-corrected chi connectivity index (χ4v) is 0.689. The van der Waals surface area contributed by atoms with Crippen LogP contribution >= 0.6 is 16.1 Å². The van der Waals surface area contributed by atoms with Gasteiger partial charge in [0.2, 0.25) is 5.91 Å². The topological polar surface area (TPSA) is 20.3 Å². The summed E-state index contributed by atoms with van der Waals surface area (Å²) in [6.45, 7) is 4.66. The van der Waals surface area contributed by atoms with Crippen LogP contribution in [-0.2, 0) is 4.79 Å². The predicted octanol–water partition coefficient (Wildman–Crippen LogP) is 1.94. The van der Waals surface area contributed by atoms with Crippen molar-refractivity contribution in [3.63, 3.8) is 0 Å². The molecule has 0 aliphatic carbocycles. The summed E-state index contributed by atoms with van der Waals surface area (Å²) in [5.74, 6) is 0.167. The summed E-state index contributed by atoms with van der Waals surface area (Å²) >= 11 is 3.13.